The molecule has 39 heavy (non-hydrogen) atoms. The van der Waals surface area contributed by atoms with Crippen molar-refractivity contribution in [3.63, 3.8) is 0 Å². The lowest BCUT2D eigenvalue weighted by atomic mass is 9.78. The summed E-state index contributed by atoms with van der Waals surface area (Å²) >= 11 is 0. The molecule has 0 saturated heterocycles. The van der Waals surface area contributed by atoms with Crippen molar-refractivity contribution < 1.29 is 19.7 Å². The lowest BCUT2D eigenvalue weighted by molar-refractivity contribution is 0.475. The van der Waals surface area contributed by atoms with Crippen LogP contribution in [0.5, 0.6) is 34.5 Å². The molecule has 6 rings (SSSR count). The van der Waals surface area contributed by atoms with Gasteiger partial charge in [-0.3, -0.25) is 0 Å². The molecular weight excluding hydrogens is 484 g/mol. The van der Waals surface area contributed by atoms with E-state index in [1.54, 1.807) is 24.3 Å². The van der Waals surface area contributed by atoms with Gasteiger partial charge in [0.15, 0.2) is 0 Å². The predicted molar refractivity (Wildman–Crippen MR) is 156 cm³/mol. The zero-order valence-corrected chi connectivity index (χ0v) is 21.8. The first-order valence-corrected chi connectivity index (χ1v) is 12.9. The molecule has 0 fully saturated rings. The molecule has 2 N–H and O–H groups in total. The number of ether oxygens (including phenoxy) is 2. The second-order valence-electron chi connectivity index (χ2n) is 10.3. The Bertz CT molecular complexity index is 1800. The number of fused-ring (bicyclic) bond motifs is 2. The molecule has 4 nitrogen and oxygen atoms in total. The third-order valence-electron chi connectivity index (χ3n) is 7.19. The molecule has 0 saturated carbocycles. The van der Waals surface area contributed by atoms with Crippen LogP contribution in [-0.4, -0.2) is 10.2 Å². The number of hydrogen-bond donors (Lipinski definition) is 2. The standard InChI is InChI=1S/C35H28O4/c1-35(2,27-10-16-31(17-11-27)38-33-14-8-23-18-29(36)12-6-25(23)20-33)28-4-3-5-32(22-28)39-34-15-9-24-19-30(37)13-7-26(24)21-34/h3-22,36-37H,1-2H3. The maximum absolute atomic E-state index is 9.71. The molecule has 0 spiro atoms. The van der Waals surface area contributed by atoms with Gasteiger partial charge in [0.25, 0.3) is 0 Å². The molecule has 0 amide bonds. The van der Waals surface area contributed by atoms with Crippen LogP contribution < -0.4 is 9.47 Å². The van der Waals surface area contributed by atoms with Crippen molar-refractivity contribution in [3.05, 3.63) is 132 Å². The van der Waals surface area contributed by atoms with E-state index in [9.17, 15) is 10.2 Å². The van der Waals surface area contributed by atoms with E-state index >= 15 is 0 Å². The summed E-state index contributed by atoms with van der Waals surface area (Å²) in [5.41, 5.74) is 2.03. The summed E-state index contributed by atoms with van der Waals surface area (Å²) in [5.74, 6) is 3.52. The first-order valence-electron chi connectivity index (χ1n) is 12.9. The highest BCUT2D eigenvalue weighted by atomic mass is 16.5. The van der Waals surface area contributed by atoms with Crippen LogP contribution in [0.2, 0.25) is 0 Å². The normalized spacial score (nSPS) is 11.5. The summed E-state index contributed by atoms with van der Waals surface area (Å²) in [6.07, 6.45) is 0. The second kappa shape index (κ2) is 9.73. The van der Waals surface area contributed by atoms with Gasteiger partial charge in [0, 0.05) is 5.41 Å². The third kappa shape index (κ3) is 5.10. The van der Waals surface area contributed by atoms with Crippen molar-refractivity contribution in [2.24, 2.45) is 0 Å². The number of rotatable bonds is 6. The molecule has 0 aliphatic heterocycles. The summed E-state index contributed by atoms with van der Waals surface area (Å²) in [5, 5.41) is 23.3. The average molecular weight is 513 g/mol. The van der Waals surface area contributed by atoms with Gasteiger partial charge >= 0.3 is 0 Å². The van der Waals surface area contributed by atoms with E-state index in [2.05, 4.69) is 38.1 Å². The zero-order valence-electron chi connectivity index (χ0n) is 21.8. The van der Waals surface area contributed by atoms with Gasteiger partial charge in [-0.05, 0) is 105 Å². The molecular formula is C35H28O4. The third-order valence-corrected chi connectivity index (χ3v) is 7.19. The molecule has 6 aromatic rings. The molecule has 0 atom stereocenters. The molecule has 0 aliphatic carbocycles. The zero-order chi connectivity index (χ0) is 27.0. The first-order chi connectivity index (χ1) is 18.8. The SMILES string of the molecule is CC(C)(c1ccc(Oc2ccc3cc(O)ccc3c2)cc1)c1cccc(Oc2ccc3cc(O)ccc3c2)c1. The minimum absolute atomic E-state index is 0.251. The Morgan fingerprint density at radius 1 is 0.436 bits per heavy atom. The Labute approximate surface area is 227 Å². The van der Waals surface area contributed by atoms with Gasteiger partial charge in [0.1, 0.15) is 34.5 Å². The van der Waals surface area contributed by atoms with Crippen molar-refractivity contribution in [2.75, 3.05) is 0 Å². The number of hydrogen-bond acceptors (Lipinski definition) is 4. The smallest absolute Gasteiger partial charge is 0.128 e. The molecule has 0 aromatic heterocycles. The summed E-state index contributed by atoms with van der Waals surface area (Å²) in [6, 6.07) is 38.6. The van der Waals surface area contributed by atoms with E-state index in [-0.39, 0.29) is 16.9 Å². The van der Waals surface area contributed by atoms with Gasteiger partial charge < -0.3 is 19.7 Å². The Balaban J connectivity index is 1.20. The molecule has 0 heterocycles. The van der Waals surface area contributed by atoms with E-state index in [0.717, 1.165) is 55.7 Å². The largest absolute Gasteiger partial charge is 0.508 e. The molecule has 192 valence electrons. The van der Waals surface area contributed by atoms with Crippen molar-refractivity contribution in [3.8, 4) is 34.5 Å². The van der Waals surface area contributed by atoms with Crippen LogP contribution in [0.3, 0.4) is 0 Å². The Kier molecular flexibility index (Phi) is 6.08. The predicted octanol–water partition coefficient (Wildman–Crippen LogP) is 9.31. The number of benzene rings is 6. The minimum atomic E-state index is -0.260. The average Bonchev–Trinajstić information content (AvgIpc) is 2.94. The Hall–Kier alpha value is -4.96. The highest BCUT2D eigenvalue weighted by molar-refractivity contribution is 5.86. The first kappa shape index (κ1) is 24.4. The fourth-order valence-electron chi connectivity index (χ4n) is 4.88. The maximum atomic E-state index is 9.71. The van der Waals surface area contributed by atoms with E-state index in [1.165, 1.54) is 0 Å². The monoisotopic (exact) mass is 512 g/mol. The molecule has 0 radical (unpaired) electrons. The number of aromatic hydroxyl groups is 2. The van der Waals surface area contributed by atoms with Crippen LogP contribution in [0.25, 0.3) is 21.5 Å². The molecule has 4 heteroatoms. The van der Waals surface area contributed by atoms with Gasteiger partial charge in [0.05, 0.1) is 0 Å². The van der Waals surface area contributed by atoms with Crippen LogP contribution in [0, 0.1) is 0 Å². The number of phenolic OH excluding ortho intramolecular Hbond substituents is 2. The van der Waals surface area contributed by atoms with Gasteiger partial charge in [0.2, 0.25) is 0 Å². The highest BCUT2D eigenvalue weighted by Gasteiger charge is 2.24. The Morgan fingerprint density at radius 2 is 0.897 bits per heavy atom. The van der Waals surface area contributed by atoms with E-state index in [1.807, 2.05) is 72.8 Å². The molecule has 0 aliphatic rings. The van der Waals surface area contributed by atoms with Crippen molar-refractivity contribution in [2.45, 2.75) is 19.3 Å². The minimum Gasteiger partial charge on any atom is -0.508 e. The lowest BCUT2D eigenvalue weighted by Crippen LogP contribution is -2.18. The van der Waals surface area contributed by atoms with Crippen LogP contribution in [0.1, 0.15) is 25.0 Å². The maximum Gasteiger partial charge on any atom is 0.128 e. The highest BCUT2D eigenvalue weighted by Crippen LogP contribution is 2.36. The van der Waals surface area contributed by atoms with Gasteiger partial charge in [-0.15, -0.1) is 0 Å². The van der Waals surface area contributed by atoms with Crippen molar-refractivity contribution in [1.29, 1.82) is 0 Å². The Morgan fingerprint density at radius 3 is 1.49 bits per heavy atom. The summed E-state index contributed by atoms with van der Waals surface area (Å²) in [6.45, 7) is 4.40. The van der Waals surface area contributed by atoms with E-state index in [4.69, 9.17) is 9.47 Å². The van der Waals surface area contributed by atoms with Crippen molar-refractivity contribution in [1.82, 2.24) is 0 Å². The van der Waals surface area contributed by atoms with Crippen LogP contribution in [-0.2, 0) is 5.41 Å². The van der Waals surface area contributed by atoms with Gasteiger partial charge in [-0.25, -0.2) is 0 Å². The fraction of sp³-hybridized carbons (Fsp3) is 0.0857. The molecule has 6 aromatic carbocycles. The molecule has 0 unspecified atom stereocenters. The van der Waals surface area contributed by atoms with Gasteiger partial charge in [-0.1, -0.05) is 62.4 Å². The van der Waals surface area contributed by atoms with Crippen LogP contribution in [0.4, 0.5) is 0 Å². The molecule has 0 bridgehead atoms. The van der Waals surface area contributed by atoms with Crippen LogP contribution >= 0.6 is 0 Å². The van der Waals surface area contributed by atoms with E-state index < -0.39 is 0 Å². The summed E-state index contributed by atoms with van der Waals surface area (Å²) < 4.78 is 12.3. The fourth-order valence-corrected chi connectivity index (χ4v) is 4.88. The van der Waals surface area contributed by atoms with Crippen LogP contribution in [0.15, 0.2) is 121 Å². The summed E-state index contributed by atoms with van der Waals surface area (Å²) in [4.78, 5) is 0. The number of phenols is 2. The lowest BCUT2D eigenvalue weighted by Gasteiger charge is -2.27. The second-order valence-corrected chi connectivity index (χ2v) is 10.3. The topological polar surface area (TPSA) is 58.9 Å². The quantitative estimate of drug-likeness (QED) is 0.233. The van der Waals surface area contributed by atoms with E-state index in [0.29, 0.717) is 0 Å². The summed E-state index contributed by atoms with van der Waals surface area (Å²) in [7, 11) is 0. The van der Waals surface area contributed by atoms with Gasteiger partial charge in [-0.2, -0.15) is 0 Å². The van der Waals surface area contributed by atoms with Crippen molar-refractivity contribution >= 4 is 21.5 Å².